The molecule has 0 amide bonds. The predicted octanol–water partition coefficient (Wildman–Crippen LogP) is 5.19. The lowest BCUT2D eigenvalue weighted by molar-refractivity contribution is -0.332. The summed E-state index contributed by atoms with van der Waals surface area (Å²) in [5.74, 6) is -3.91. The number of fused-ring (bicyclic) bond motifs is 3. The summed E-state index contributed by atoms with van der Waals surface area (Å²) in [6.45, 7) is 9.77. The Kier molecular flexibility index (Phi) is 13.5. The van der Waals surface area contributed by atoms with Gasteiger partial charge in [0.2, 0.25) is 0 Å². The average Bonchev–Trinajstić information content (AvgIpc) is 3.72. The van der Waals surface area contributed by atoms with Gasteiger partial charge < -0.3 is 56.8 Å². The molecule has 11 atom stereocenters. The third-order valence-electron chi connectivity index (χ3n) is 10.2. The van der Waals surface area contributed by atoms with Gasteiger partial charge in [0.25, 0.3) is 0 Å². The van der Waals surface area contributed by atoms with Gasteiger partial charge in [0, 0.05) is 6.92 Å². The summed E-state index contributed by atoms with van der Waals surface area (Å²) < 4.78 is 75.2. The third-order valence-corrected chi connectivity index (χ3v) is 10.2. The van der Waals surface area contributed by atoms with Crippen molar-refractivity contribution >= 4 is 17.9 Å². The van der Waals surface area contributed by atoms with Crippen molar-refractivity contribution in [2.75, 3.05) is 19.8 Å². The first-order chi connectivity index (χ1) is 28.3. The van der Waals surface area contributed by atoms with Crippen LogP contribution in [-0.4, -0.2) is 111 Å². The number of esters is 3. The fraction of sp³-hybridized carbons (Fsp3) is 0.523. The molecule has 0 bridgehead atoms. The minimum absolute atomic E-state index is 0.0517. The van der Waals surface area contributed by atoms with Crippen LogP contribution >= 0.6 is 0 Å². The Morgan fingerprint density at radius 2 is 1.29 bits per heavy atom. The van der Waals surface area contributed by atoms with E-state index in [1.165, 1.54) is 6.92 Å². The molecule has 4 fully saturated rings. The number of rotatable bonds is 15. The standard InChI is InChI=1S/C44H52O15/c1-7-48-40(47)32(28-19-13-9-14-20-28)54-37-35(55-39(46)29-21-15-10-16-22-29)33(50-23-27-17-11-8-12-18-27)30(24-49-26(2)45)52-41(37)51-25-31-34-36(57-43(3,4)56-34)38-42(53-31)59-44(5,6)58-38/h8-22,30-38,41-42H,7,23-25H2,1-6H3/t30-,31-,32-,33-,34+,35+,36+,37-,38-,41-,42-/m1/s1. The van der Waals surface area contributed by atoms with Gasteiger partial charge in [-0.15, -0.1) is 0 Å². The van der Waals surface area contributed by atoms with Gasteiger partial charge in [0.1, 0.15) is 49.3 Å². The highest BCUT2D eigenvalue weighted by Gasteiger charge is 2.61. The van der Waals surface area contributed by atoms with Gasteiger partial charge >= 0.3 is 17.9 Å². The Morgan fingerprint density at radius 3 is 1.97 bits per heavy atom. The summed E-state index contributed by atoms with van der Waals surface area (Å²) in [6.07, 6.45) is -11.0. The van der Waals surface area contributed by atoms with Crippen molar-refractivity contribution in [3.8, 4) is 0 Å². The van der Waals surface area contributed by atoms with E-state index in [0.29, 0.717) is 5.56 Å². The Hall–Kier alpha value is -4.29. The number of carbonyl (C=O) groups is 3. The van der Waals surface area contributed by atoms with Crippen LogP contribution in [-0.2, 0) is 73.0 Å². The Bertz CT molecular complexity index is 1860. The lowest BCUT2D eigenvalue weighted by atomic mass is 9.96. The van der Waals surface area contributed by atoms with Gasteiger partial charge in [0.05, 0.1) is 25.4 Å². The van der Waals surface area contributed by atoms with Crippen molar-refractivity contribution in [2.24, 2.45) is 0 Å². The van der Waals surface area contributed by atoms with Crippen molar-refractivity contribution in [1.82, 2.24) is 0 Å². The van der Waals surface area contributed by atoms with Crippen LogP contribution in [0.1, 0.15) is 69.1 Å². The van der Waals surface area contributed by atoms with Crippen LogP contribution in [0.15, 0.2) is 91.0 Å². The highest BCUT2D eigenvalue weighted by Crippen LogP contribution is 2.44. The zero-order valence-electron chi connectivity index (χ0n) is 34.0. The summed E-state index contributed by atoms with van der Waals surface area (Å²) in [4.78, 5) is 40.0. The molecule has 59 heavy (non-hydrogen) atoms. The molecule has 0 aliphatic carbocycles. The fourth-order valence-electron chi connectivity index (χ4n) is 7.65. The molecule has 0 radical (unpaired) electrons. The van der Waals surface area contributed by atoms with Crippen molar-refractivity contribution < 1.29 is 71.2 Å². The van der Waals surface area contributed by atoms with Crippen LogP contribution in [0, 0.1) is 0 Å². The molecule has 3 aromatic carbocycles. The first-order valence-corrected chi connectivity index (χ1v) is 19.9. The summed E-state index contributed by atoms with van der Waals surface area (Å²) in [5, 5.41) is 0. The van der Waals surface area contributed by atoms with E-state index in [4.69, 9.17) is 56.8 Å². The summed E-state index contributed by atoms with van der Waals surface area (Å²) in [7, 11) is 0. The quantitative estimate of drug-likeness (QED) is 0.145. The van der Waals surface area contributed by atoms with Crippen molar-refractivity contribution in [1.29, 1.82) is 0 Å². The van der Waals surface area contributed by atoms with E-state index in [1.54, 1.807) is 95.3 Å². The van der Waals surface area contributed by atoms with E-state index in [1.807, 2.05) is 30.3 Å². The second-order valence-electron chi connectivity index (χ2n) is 15.5. The van der Waals surface area contributed by atoms with Gasteiger partial charge in [-0.1, -0.05) is 78.9 Å². The summed E-state index contributed by atoms with van der Waals surface area (Å²) >= 11 is 0. The van der Waals surface area contributed by atoms with Crippen LogP contribution < -0.4 is 0 Å². The maximum atomic E-state index is 14.0. The maximum Gasteiger partial charge on any atom is 0.339 e. The smallest absolute Gasteiger partial charge is 0.339 e. The van der Waals surface area contributed by atoms with Crippen LogP contribution in [0.3, 0.4) is 0 Å². The molecular formula is C44H52O15. The number of hydrogen-bond donors (Lipinski definition) is 0. The highest BCUT2D eigenvalue weighted by atomic mass is 16.9. The maximum absolute atomic E-state index is 14.0. The van der Waals surface area contributed by atoms with Crippen molar-refractivity contribution in [3.05, 3.63) is 108 Å². The summed E-state index contributed by atoms with van der Waals surface area (Å²) in [5.41, 5.74) is 1.52. The average molecular weight is 821 g/mol. The van der Waals surface area contributed by atoms with E-state index in [9.17, 15) is 14.4 Å². The minimum atomic E-state index is -1.39. The predicted molar refractivity (Wildman–Crippen MR) is 205 cm³/mol. The molecule has 3 aromatic rings. The third kappa shape index (κ3) is 10.4. The Labute approximate surface area is 343 Å². The van der Waals surface area contributed by atoms with Crippen molar-refractivity contribution in [3.63, 3.8) is 0 Å². The van der Waals surface area contributed by atoms with Gasteiger partial charge in [-0.25, -0.2) is 9.59 Å². The summed E-state index contributed by atoms with van der Waals surface area (Å²) in [6, 6.07) is 26.5. The van der Waals surface area contributed by atoms with Crippen LogP contribution in [0.5, 0.6) is 0 Å². The van der Waals surface area contributed by atoms with Gasteiger partial charge in [-0.3, -0.25) is 4.79 Å². The molecule has 4 saturated heterocycles. The van der Waals surface area contributed by atoms with E-state index in [2.05, 4.69) is 0 Å². The van der Waals surface area contributed by atoms with E-state index in [-0.39, 0.29) is 32.0 Å². The Morgan fingerprint density at radius 1 is 0.661 bits per heavy atom. The lowest BCUT2D eigenvalue weighted by Crippen LogP contribution is -2.63. The molecule has 4 heterocycles. The molecule has 15 heteroatoms. The number of ether oxygens (including phenoxy) is 12. The first kappa shape index (κ1) is 42.8. The molecule has 0 saturated carbocycles. The monoisotopic (exact) mass is 820 g/mol. The zero-order chi connectivity index (χ0) is 41.7. The molecule has 15 nitrogen and oxygen atoms in total. The molecule has 0 N–H and O–H groups in total. The molecule has 7 rings (SSSR count). The second kappa shape index (κ2) is 18.5. The molecular weight excluding hydrogens is 768 g/mol. The van der Waals surface area contributed by atoms with Crippen LogP contribution in [0.4, 0.5) is 0 Å². The molecule has 4 aliphatic heterocycles. The Balaban J connectivity index is 1.27. The molecule has 318 valence electrons. The molecule has 0 aromatic heterocycles. The second-order valence-corrected chi connectivity index (χ2v) is 15.5. The molecule has 0 spiro atoms. The largest absolute Gasteiger partial charge is 0.464 e. The van der Waals surface area contributed by atoms with Gasteiger partial charge in [-0.05, 0) is 57.9 Å². The minimum Gasteiger partial charge on any atom is -0.464 e. The molecule has 0 unspecified atom stereocenters. The molecule has 4 aliphatic rings. The van der Waals surface area contributed by atoms with Crippen LogP contribution in [0.25, 0.3) is 0 Å². The number of benzene rings is 3. The highest BCUT2D eigenvalue weighted by molar-refractivity contribution is 5.89. The van der Waals surface area contributed by atoms with Crippen LogP contribution in [0.2, 0.25) is 0 Å². The van der Waals surface area contributed by atoms with E-state index in [0.717, 1.165) is 5.56 Å². The SMILES string of the molecule is CCOC(=O)[C@H](O[C@H]1[C@H](OC[C@H]2O[C@@H]3OC(C)(C)O[C@@H]3[C@H]3OC(C)(C)O[C@H]32)O[C@H](COC(C)=O)[C@@H](OCc2ccccc2)[C@@H]1OC(=O)c1ccccc1)c1ccccc1. The topological polar surface area (TPSA) is 162 Å². The van der Waals surface area contributed by atoms with E-state index < -0.39 is 97.0 Å². The number of carbonyl (C=O) groups excluding carboxylic acids is 3. The van der Waals surface area contributed by atoms with Gasteiger partial charge in [0.15, 0.2) is 36.4 Å². The van der Waals surface area contributed by atoms with Gasteiger partial charge in [-0.2, -0.15) is 0 Å². The zero-order valence-corrected chi connectivity index (χ0v) is 34.0. The van der Waals surface area contributed by atoms with E-state index >= 15 is 0 Å². The normalized spacial score (nSPS) is 31.0. The van der Waals surface area contributed by atoms with Crippen molar-refractivity contribution in [2.45, 2.75) is 127 Å². The first-order valence-electron chi connectivity index (χ1n) is 19.9. The fourth-order valence-corrected chi connectivity index (χ4v) is 7.65. The lowest BCUT2D eigenvalue weighted by Gasteiger charge is -2.46. The number of hydrogen-bond acceptors (Lipinski definition) is 15.